The molecule has 0 heterocycles. The maximum atomic E-state index is 12.0. The standard InChI is InChI=1S/C16H11Cl2NO3/c17-12-7-4-8-13(18)11(12)9-14(16(21)22)19-15(20)10-5-2-1-3-6-10/h1-9H,(H,19,20)(H,21,22)/b14-9+. The lowest BCUT2D eigenvalue weighted by Gasteiger charge is -2.08. The third-order valence-electron chi connectivity index (χ3n) is 2.80. The molecule has 22 heavy (non-hydrogen) atoms. The van der Waals surface area contributed by atoms with Gasteiger partial charge < -0.3 is 10.4 Å². The second-order valence-electron chi connectivity index (χ2n) is 4.32. The smallest absolute Gasteiger partial charge is 0.352 e. The molecule has 0 radical (unpaired) electrons. The summed E-state index contributed by atoms with van der Waals surface area (Å²) in [7, 11) is 0. The van der Waals surface area contributed by atoms with Crippen LogP contribution in [0.4, 0.5) is 0 Å². The number of amides is 1. The van der Waals surface area contributed by atoms with E-state index in [9.17, 15) is 14.7 Å². The van der Waals surface area contributed by atoms with Crippen LogP contribution in [-0.4, -0.2) is 17.0 Å². The van der Waals surface area contributed by atoms with E-state index in [1.807, 2.05) is 0 Å². The monoisotopic (exact) mass is 335 g/mol. The third-order valence-corrected chi connectivity index (χ3v) is 3.46. The lowest BCUT2D eigenvalue weighted by molar-refractivity contribution is -0.132. The Morgan fingerprint density at radius 3 is 2.09 bits per heavy atom. The molecule has 0 fully saturated rings. The Kier molecular flexibility index (Phi) is 5.20. The molecule has 0 aliphatic carbocycles. The van der Waals surface area contributed by atoms with Gasteiger partial charge in [0.25, 0.3) is 5.91 Å². The molecule has 2 aromatic carbocycles. The molecule has 6 heteroatoms. The number of carbonyl (C=O) groups excluding carboxylic acids is 1. The molecule has 0 unspecified atom stereocenters. The van der Waals surface area contributed by atoms with E-state index in [4.69, 9.17) is 23.2 Å². The zero-order valence-electron chi connectivity index (χ0n) is 11.2. The zero-order chi connectivity index (χ0) is 16.1. The van der Waals surface area contributed by atoms with E-state index in [0.717, 1.165) is 0 Å². The van der Waals surface area contributed by atoms with Gasteiger partial charge in [-0.2, -0.15) is 0 Å². The Bertz CT molecular complexity index is 722. The minimum absolute atomic E-state index is 0.292. The Morgan fingerprint density at radius 1 is 0.955 bits per heavy atom. The van der Waals surface area contributed by atoms with Crippen molar-refractivity contribution in [2.24, 2.45) is 0 Å². The number of benzene rings is 2. The lowest BCUT2D eigenvalue weighted by atomic mass is 10.1. The van der Waals surface area contributed by atoms with Gasteiger partial charge in [-0.15, -0.1) is 0 Å². The summed E-state index contributed by atoms with van der Waals surface area (Å²) in [4.78, 5) is 23.4. The fourth-order valence-corrected chi connectivity index (χ4v) is 2.23. The van der Waals surface area contributed by atoms with Gasteiger partial charge in [0.15, 0.2) is 0 Å². The number of carboxylic acid groups (broad SMARTS) is 1. The van der Waals surface area contributed by atoms with Crippen molar-refractivity contribution in [2.75, 3.05) is 0 Å². The van der Waals surface area contributed by atoms with Crippen molar-refractivity contribution in [3.8, 4) is 0 Å². The molecule has 2 rings (SSSR count). The van der Waals surface area contributed by atoms with E-state index in [1.54, 1.807) is 48.5 Å². The number of carbonyl (C=O) groups is 2. The highest BCUT2D eigenvalue weighted by molar-refractivity contribution is 6.37. The number of carboxylic acids is 1. The summed E-state index contributed by atoms with van der Waals surface area (Å²) < 4.78 is 0. The largest absolute Gasteiger partial charge is 0.477 e. The van der Waals surface area contributed by atoms with Gasteiger partial charge in [0.2, 0.25) is 0 Å². The quantitative estimate of drug-likeness (QED) is 0.834. The summed E-state index contributed by atoms with van der Waals surface area (Å²) in [6.07, 6.45) is 1.23. The van der Waals surface area contributed by atoms with Crippen LogP contribution >= 0.6 is 23.2 Å². The van der Waals surface area contributed by atoms with E-state index >= 15 is 0 Å². The van der Waals surface area contributed by atoms with Gasteiger partial charge in [-0.1, -0.05) is 47.5 Å². The van der Waals surface area contributed by atoms with Crippen LogP contribution in [-0.2, 0) is 4.79 Å². The van der Waals surface area contributed by atoms with Crippen molar-refractivity contribution >= 4 is 41.2 Å². The number of nitrogens with one attached hydrogen (secondary N) is 1. The summed E-state index contributed by atoms with van der Waals surface area (Å²) in [5.41, 5.74) is 0.361. The van der Waals surface area contributed by atoms with Crippen LogP contribution in [0.3, 0.4) is 0 Å². The van der Waals surface area contributed by atoms with Crippen LogP contribution in [0.5, 0.6) is 0 Å². The summed E-state index contributed by atoms with van der Waals surface area (Å²) in [5.74, 6) is -1.82. The molecule has 0 spiro atoms. The van der Waals surface area contributed by atoms with Gasteiger partial charge in [0, 0.05) is 21.2 Å². The molecule has 0 aromatic heterocycles. The molecule has 4 nitrogen and oxygen atoms in total. The summed E-state index contributed by atoms with van der Waals surface area (Å²) in [6, 6.07) is 13.1. The average molecular weight is 336 g/mol. The van der Waals surface area contributed by atoms with Crippen LogP contribution < -0.4 is 5.32 Å². The molecule has 1 amide bonds. The predicted molar refractivity (Wildman–Crippen MR) is 86.0 cm³/mol. The van der Waals surface area contributed by atoms with Gasteiger partial charge in [0.1, 0.15) is 5.70 Å². The number of hydrogen-bond donors (Lipinski definition) is 2. The molecular formula is C16H11Cl2NO3. The van der Waals surface area contributed by atoms with Crippen LogP contribution in [0, 0.1) is 0 Å². The number of halogens is 2. The topological polar surface area (TPSA) is 66.4 Å². The molecule has 0 saturated heterocycles. The fourth-order valence-electron chi connectivity index (χ4n) is 1.73. The van der Waals surface area contributed by atoms with E-state index in [0.29, 0.717) is 21.2 Å². The molecule has 2 N–H and O–H groups in total. The van der Waals surface area contributed by atoms with Crippen molar-refractivity contribution in [1.29, 1.82) is 0 Å². The van der Waals surface area contributed by atoms with E-state index in [2.05, 4.69) is 5.32 Å². The normalized spacial score (nSPS) is 11.1. The Morgan fingerprint density at radius 2 is 1.55 bits per heavy atom. The van der Waals surface area contributed by atoms with Crippen LogP contribution in [0.25, 0.3) is 6.08 Å². The highest BCUT2D eigenvalue weighted by Gasteiger charge is 2.14. The predicted octanol–water partition coefficient (Wildman–Crippen LogP) is 3.85. The molecule has 0 saturated carbocycles. The highest BCUT2D eigenvalue weighted by atomic mass is 35.5. The van der Waals surface area contributed by atoms with Crippen molar-refractivity contribution in [2.45, 2.75) is 0 Å². The summed E-state index contributed by atoms with van der Waals surface area (Å²) in [6.45, 7) is 0. The maximum absolute atomic E-state index is 12.0. The van der Waals surface area contributed by atoms with Crippen molar-refractivity contribution in [3.63, 3.8) is 0 Å². The van der Waals surface area contributed by atoms with E-state index < -0.39 is 11.9 Å². The lowest BCUT2D eigenvalue weighted by Crippen LogP contribution is -2.27. The first-order valence-electron chi connectivity index (χ1n) is 6.24. The second-order valence-corrected chi connectivity index (χ2v) is 5.13. The third kappa shape index (κ3) is 3.87. The van der Waals surface area contributed by atoms with Gasteiger partial charge in [-0.05, 0) is 30.3 Å². The first-order chi connectivity index (χ1) is 10.5. The highest BCUT2D eigenvalue weighted by Crippen LogP contribution is 2.26. The maximum Gasteiger partial charge on any atom is 0.352 e. The number of hydrogen-bond acceptors (Lipinski definition) is 2. The summed E-state index contributed by atoms with van der Waals surface area (Å²) >= 11 is 12.0. The average Bonchev–Trinajstić information content (AvgIpc) is 2.50. The molecule has 2 aromatic rings. The van der Waals surface area contributed by atoms with Gasteiger partial charge >= 0.3 is 5.97 Å². The van der Waals surface area contributed by atoms with Crippen molar-refractivity contribution < 1.29 is 14.7 Å². The van der Waals surface area contributed by atoms with Crippen molar-refractivity contribution in [3.05, 3.63) is 75.4 Å². The van der Waals surface area contributed by atoms with Crippen LogP contribution in [0.2, 0.25) is 10.0 Å². The second kappa shape index (κ2) is 7.11. The molecule has 0 bridgehead atoms. The Balaban J connectivity index is 2.33. The first-order valence-corrected chi connectivity index (χ1v) is 7.00. The molecular weight excluding hydrogens is 325 g/mol. The van der Waals surface area contributed by atoms with E-state index in [-0.39, 0.29) is 5.70 Å². The minimum Gasteiger partial charge on any atom is -0.477 e. The SMILES string of the molecule is O=C(O)/C(=C\c1c(Cl)cccc1Cl)NC(=O)c1ccccc1. The van der Waals surface area contributed by atoms with Crippen molar-refractivity contribution in [1.82, 2.24) is 5.32 Å². The Hall–Kier alpha value is -2.30. The number of rotatable bonds is 4. The Labute approximate surface area is 137 Å². The van der Waals surface area contributed by atoms with Gasteiger partial charge in [-0.25, -0.2) is 4.79 Å². The van der Waals surface area contributed by atoms with Crippen LogP contribution in [0.15, 0.2) is 54.2 Å². The number of aliphatic carboxylic acids is 1. The fraction of sp³-hybridized carbons (Fsp3) is 0. The molecule has 0 aliphatic heterocycles. The molecule has 0 aliphatic rings. The molecule has 112 valence electrons. The molecule has 0 atom stereocenters. The first kappa shape index (κ1) is 16.1. The summed E-state index contributed by atoms with van der Waals surface area (Å²) in [5, 5.41) is 12.2. The minimum atomic E-state index is -1.29. The van der Waals surface area contributed by atoms with Crippen LogP contribution in [0.1, 0.15) is 15.9 Å². The van der Waals surface area contributed by atoms with E-state index in [1.165, 1.54) is 6.08 Å². The van der Waals surface area contributed by atoms with Gasteiger partial charge in [-0.3, -0.25) is 4.79 Å². The van der Waals surface area contributed by atoms with Gasteiger partial charge in [0.05, 0.1) is 0 Å². The zero-order valence-corrected chi connectivity index (χ0v) is 12.7.